The van der Waals surface area contributed by atoms with Crippen molar-refractivity contribution in [3.8, 4) is 11.5 Å². The van der Waals surface area contributed by atoms with Crippen molar-refractivity contribution in [2.75, 3.05) is 14.2 Å². The number of carbonyl (C=O) groups excluding carboxylic acids is 1. The maximum Gasteiger partial charge on any atom is 0.270 e. The first-order valence-electron chi connectivity index (χ1n) is 11.2. The SMILES string of the molecule is COc1ccc(C2=NC(c3ccc(Cl)cc3)C(c3ccc(Cl)cc3)N2C(=O)c2cccs2)c(OC)c1. The van der Waals surface area contributed by atoms with Crippen molar-refractivity contribution >= 4 is 46.3 Å². The van der Waals surface area contributed by atoms with Gasteiger partial charge in [0.2, 0.25) is 0 Å². The van der Waals surface area contributed by atoms with Gasteiger partial charge in [-0.05, 0) is 59.0 Å². The highest BCUT2D eigenvalue weighted by atomic mass is 35.5. The summed E-state index contributed by atoms with van der Waals surface area (Å²) in [5.41, 5.74) is 2.54. The maximum absolute atomic E-state index is 14.0. The van der Waals surface area contributed by atoms with E-state index in [1.165, 1.54) is 11.3 Å². The lowest BCUT2D eigenvalue weighted by Crippen LogP contribution is -2.37. The molecule has 0 saturated heterocycles. The van der Waals surface area contributed by atoms with E-state index in [9.17, 15) is 4.79 Å². The van der Waals surface area contributed by atoms with E-state index in [-0.39, 0.29) is 11.9 Å². The summed E-state index contributed by atoms with van der Waals surface area (Å²) in [5.74, 6) is 1.59. The zero-order chi connectivity index (χ0) is 25.2. The summed E-state index contributed by atoms with van der Waals surface area (Å²) in [6.45, 7) is 0. The quantitative estimate of drug-likeness (QED) is 0.257. The highest BCUT2D eigenvalue weighted by Crippen LogP contribution is 2.46. The molecule has 1 aliphatic rings. The third-order valence-corrected chi connectivity index (χ3v) is 7.45. The van der Waals surface area contributed by atoms with Gasteiger partial charge in [-0.25, -0.2) is 0 Å². The molecule has 1 aliphatic heterocycles. The van der Waals surface area contributed by atoms with Crippen molar-refractivity contribution in [1.29, 1.82) is 0 Å². The molecule has 36 heavy (non-hydrogen) atoms. The molecule has 0 bridgehead atoms. The monoisotopic (exact) mass is 536 g/mol. The molecule has 5 nitrogen and oxygen atoms in total. The number of halogens is 2. The number of benzene rings is 3. The molecule has 2 heterocycles. The average Bonchev–Trinajstić information content (AvgIpc) is 3.58. The van der Waals surface area contributed by atoms with Crippen LogP contribution in [0.5, 0.6) is 11.5 Å². The van der Waals surface area contributed by atoms with E-state index in [0.717, 1.165) is 11.1 Å². The molecule has 0 N–H and O–H groups in total. The molecule has 5 rings (SSSR count). The number of nitrogens with zero attached hydrogens (tertiary/aromatic N) is 2. The van der Waals surface area contributed by atoms with Crippen molar-refractivity contribution in [2.45, 2.75) is 12.1 Å². The van der Waals surface area contributed by atoms with E-state index >= 15 is 0 Å². The van der Waals surface area contributed by atoms with Gasteiger partial charge < -0.3 is 9.47 Å². The van der Waals surface area contributed by atoms with Gasteiger partial charge in [0.25, 0.3) is 5.91 Å². The number of methoxy groups -OCH3 is 2. The molecular formula is C28H22Cl2N2O3S. The molecule has 0 spiro atoms. The van der Waals surface area contributed by atoms with Gasteiger partial charge in [0.05, 0.1) is 30.7 Å². The number of aliphatic imine (C=N–C) groups is 1. The molecule has 0 fully saturated rings. The Kier molecular flexibility index (Phi) is 7.01. The topological polar surface area (TPSA) is 51.1 Å². The van der Waals surface area contributed by atoms with E-state index in [4.69, 9.17) is 37.7 Å². The van der Waals surface area contributed by atoms with E-state index in [1.807, 2.05) is 78.2 Å². The van der Waals surface area contributed by atoms with E-state index in [0.29, 0.717) is 37.8 Å². The van der Waals surface area contributed by atoms with E-state index < -0.39 is 6.04 Å². The molecule has 2 atom stereocenters. The Morgan fingerprint density at radius 1 is 0.889 bits per heavy atom. The molecule has 1 amide bonds. The second-order valence-electron chi connectivity index (χ2n) is 8.16. The van der Waals surface area contributed by atoms with Gasteiger partial charge in [0, 0.05) is 16.1 Å². The second-order valence-corrected chi connectivity index (χ2v) is 9.98. The Balaban J connectivity index is 1.73. The van der Waals surface area contributed by atoms with Crippen molar-refractivity contribution < 1.29 is 14.3 Å². The fraction of sp³-hybridized carbons (Fsp3) is 0.143. The lowest BCUT2D eigenvalue weighted by Gasteiger charge is -2.29. The summed E-state index contributed by atoms with van der Waals surface area (Å²) in [6, 6.07) is 23.5. The van der Waals surface area contributed by atoms with Crippen LogP contribution in [0.4, 0.5) is 0 Å². The molecule has 0 aliphatic carbocycles. The standard InChI is InChI=1S/C28H22Cl2N2O3S/c1-34-21-13-14-22(23(16-21)35-2)27-31-25(17-5-9-19(29)10-6-17)26(18-7-11-20(30)12-8-18)32(27)28(33)24-4-3-15-36-24/h3-16,25-26H,1-2H3. The number of amidine groups is 1. The lowest BCUT2D eigenvalue weighted by molar-refractivity contribution is 0.0809. The molecular weight excluding hydrogens is 515 g/mol. The number of amides is 1. The van der Waals surface area contributed by atoms with Crippen LogP contribution in [0.3, 0.4) is 0 Å². The minimum atomic E-state index is -0.417. The number of rotatable bonds is 6. The molecule has 8 heteroatoms. The minimum absolute atomic E-state index is 0.141. The highest BCUT2D eigenvalue weighted by molar-refractivity contribution is 7.12. The number of hydrogen-bond acceptors (Lipinski definition) is 5. The van der Waals surface area contributed by atoms with Crippen molar-refractivity contribution in [3.63, 3.8) is 0 Å². The zero-order valence-corrected chi connectivity index (χ0v) is 21.8. The van der Waals surface area contributed by atoms with Gasteiger partial charge in [-0.3, -0.25) is 14.7 Å². The van der Waals surface area contributed by atoms with Crippen LogP contribution in [-0.2, 0) is 0 Å². The Bertz CT molecular complexity index is 1400. The number of hydrogen-bond donors (Lipinski definition) is 0. The first-order chi connectivity index (χ1) is 17.5. The second kappa shape index (κ2) is 10.3. The van der Waals surface area contributed by atoms with Crippen molar-refractivity contribution in [3.05, 3.63) is 116 Å². The van der Waals surface area contributed by atoms with Crippen LogP contribution < -0.4 is 9.47 Å². The first-order valence-corrected chi connectivity index (χ1v) is 12.8. The van der Waals surface area contributed by atoms with Gasteiger partial charge in [-0.15, -0.1) is 11.3 Å². The average molecular weight is 537 g/mol. The molecule has 2 unspecified atom stereocenters. The third kappa shape index (κ3) is 4.60. The van der Waals surface area contributed by atoms with E-state index in [1.54, 1.807) is 25.2 Å². The molecule has 3 aromatic carbocycles. The Morgan fingerprint density at radius 2 is 1.56 bits per heavy atom. The van der Waals surface area contributed by atoms with Crippen LogP contribution in [0.1, 0.15) is 38.4 Å². The summed E-state index contributed by atoms with van der Waals surface area (Å²) >= 11 is 13.8. The summed E-state index contributed by atoms with van der Waals surface area (Å²) < 4.78 is 11.1. The summed E-state index contributed by atoms with van der Waals surface area (Å²) in [4.78, 5) is 21.6. The Morgan fingerprint density at radius 3 is 2.14 bits per heavy atom. The van der Waals surface area contributed by atoms with Gasteiger partial charge >= 0.3 is 0 Å². The molecule has 0 saturated carbocycles. The zero-order valence-electron chi connectivity index (χ0n) is 19.5. The summed E-state index contributed by atoms with van der Waals surface area (Å²) in [6.07, 6.45) is 0. The van der Waals surface area contributed by atoms with Crippen LogP contribution in [0.2, 0.25) is 10.0 Å². The first kappa shape index (κ1) is 24.4. The van der Waals surface area contributed by atoms with Crippen LogP contribution in [0, 0.1) is 0 Å². The van der Waals surface area contributed by atoms with Crippen LogP contribution in [0.25, 0.3) is 0 Å². The smallest absolute Gasteiger partial charge is 0.270 e. The lowest BCUT2D eigenvalue weighted by atomic mass is 9.93. The van der Waals surface area contributed by atoms with Crippen molar-refractivity contribution in [2.24, 2.45) is 4.99 Å². The molecule has 4 aromatic rings. The highest BCUT2D eigenvalue weighted by Gasteiger charge is 2.43. The summed E-state index contributed by atoms with van der Waals surface area (Å²) in [5, 5.41) is 3.14. The van der Waals surface area contributed by atoms with Crippen molar-refractivity contribution in [1.82, 2.24) is 4.90 Å². The molecule has 0 radical (unpaired) electrons. The normalized spacial score (nSPS) is 17.1. The fourth-order valence-electron chi connectivity index (χ4n) is 4.37. The third-order valence-electron chi connectivity index (χ3n) is 6.09. The predicted molar refractivity (Wildman–Crippen MR) is 145 cm³/mol. The Labute approximate surface area is 223 Å². The van der Waals surface area contributed by atoms with Crippen LogP contribution in [-0.4, -0.2) is 30.9 Å². The predicted octanol–water partition coefficient (Wildman–Crippen LogP) is 7.46. The van der Waals surface area contributed by atoms with Crippen LogP contribution >= 0.6 is 34.5 Å². The molecule has 1 aromatic heterocycles. The summed E-state index contributed by atoms with van der Waals surface area (Å²) in [7, 11) is 3.19. The number of thiophene rings is 1. The number of ether oxygens (including phenoxy) is 2. The van der Waals surface area contributed by atoms with Gasteiger partial charge in [0.1, 0.15) is 23.4 Å². The molecule has 182 valence electrons. The minimum Gasteiger partial charge on any atom is -0.497 e. The number of carbonyl (C=O) groups is 1. The van der Waals surface area contributed by atoms with E-state index in [2.05, 4.69) is 0 Å². The Hall–Kier alpha value is -3.32. The van der Waals surface area contributed by atoms with Gasteiger partial charge in [-0.2, -0.15) is 0 Å². The van der Waals surface area contributed by atoms with Gasteiger partial charge in [-0.1, -0.05) is 53.5 Å². The van der Waals surface area contributed by atoms with Crippen LogP contribution in [0.15, 0.2) is 89.2 Å². The largest absolute Gasteiger partial charge is 0.497 e. The fourth-order valence-corrected chi connectivity index (χ4v) is 5.28. The maximum atomic E-state index is 14.0. The van der Waals surface area contributed by atoms with Gasteiger partial charge in [0.15, 0.2) is 0 Å².